The van der Waals surface area contributed by atoms with Crippen LogP contribution >= 0.6 is 11.3 Å². The normalized spacial score (nSPS) is 14.8. The Morgan fingerprint density at radius 3 is 2.41 bits per heavy atom. The van der Waals surface area contributed by atoms with E-state index in [2.05, 4.69) is 29.2 Å². The van der Waals surface area contributed by atoms with Crippen LogP contribution in [0.5, 0.6) is 0 Å². The number of benzene rings is 2. The van der Waals surface area contributed by atoms with E-state index in [1.54, 1.807) is 4.90 Å². The minimum absolute atomic E-state index is 0.0181. The van der Waals surface area contributed by atoms with Crippen LogP contribution in [0.3, 0.4) is 0 Å². The number of thiazole rings is 1. The van der Waals surface area contributed by atoms with Crippen LogP contribution in [0.1, 0.15) is 37.4 Å². The third-order valence-electron chi connectivity index (χ3n) is 5.50. The fraction of sp³-hybridized carbons (Fsp3) is 0.227. The molecule has 29 heavy (non-hydrogen) atoms. The molecule has 1 aromatic heterocycles. The van der Waals surface area contributed by atoms with Crippen LogP contribution in [-0.2, 0) is 17.7 Å². The van der Waals surface area contributed by atoms with Gasteiger partial charge in [0.1, 0.15) is 6.61 Å². The zero-order chi connectivity index (χ0) is 20.0. The number of rotatable bonds is 3. The van der Waals surface area contributed by atoms with Crippen LogP contribution in [0.25, 0.3) is 11.1 Å². The second kappa shape index (κ2) is 7.00. The topological polar surface area (TPSA) is 79.7 Å². The van der Waals surface area contributed by atoms with E-state index in [0.29, 0.717) is 18.7 Å². The highest BCUT2D eigenvalue weighted by molar-refractivity contribution is 7.13. The van der Waals surface area contributed by atoms with E-state index >= 15 is 0 Å². The van der Waals surface area contributed by atoms with Gasteiger partial charge in [0.25, 0.3) is 0 Å². The Balaban J connectivity index is 1.31. The summed E-state index contributed by atoms with van der Waals surface area (Å²) < 4.78 is 5.69. The number of hydrogen-bond donors (Lipinski definition) is 1. The average Bonchev–Trinajstić information content (AvgIpc) is 3.31. The van der Waals surface area contributed by atoms with Crippen molar-refractivity contribution in [2.75, 3.05) is 13.2 Å². The molecule has 1 N–H and O–H groups in total. The van der Waals surface area contributed by atoms with Gasteiger partial charge in [-0.1, -0.05) is 48.5 Å². The molecule has 1 amide bonds. The molecule has 7 heteroatoms. The number of fused-ring (bicyclic) bond motifs is 4. The van der Waals surface area contributed by atoms with Crippen LogP contribution in [0.2, 0.25) is 0 Å². The lowest BCUT2D eigenvalue weighted by Gasteiger charge is -2.26. The van der Waals surface area contributed by atoms with Crippen molar-refractivity contribution in [3.63, 3.8) is 0 Å². The maximum absolute atomic E-state index is 12.7. The molecular formula is C22H18N2O4S. The molecule has 0 saturated carbocycles. The minimum atomic E-state index is -1.03. The highest BCUT2D eigenvalue weighted by atomic mass is 32.1. The Morgan fingerprint density at radius 2 is 1.76 bits per heavy atom. The number of aromatic carboxylic acids is 1. The largest absolute Gasteiger partial charge is 0.476 e. The Bertz CT molecular complexity index is 1080. The van der Waals surface area contributed by atoms with Gasteiger partial charge < -0.3 is 14.7 Å². The average molecular weight is 406 g/mol. The fourth-order valence-electron chi connectivity index (χ4n) is 4.13. The molecule has 0 spiro atoms. The molecule has 6 nitrogen and oxygen atoms in total. The zero-order valence-corrected chi connectivity index (χ0v) is 16.3. The Labute approximate surface area is 171 Å². The first kappa shape index (κ1) is 17.9. The summed E-state index contributed by atoms with van der Waals surface area (Å²) in [6, 6.07) is 16.4. The van der Waals surface area contributed by atoms with Crippen LogP contribution < -0.4 is 0 Å². The summed E-state index contributed by atoms with van der Waals surface area (Å²) in [6.45, 7) is 1.06. The molecule has 0 bridgehead atoms. The summed E-state index contributed by atoms with van der Waals surface area (Å²) in [6.07, 6.45) is 0.215. The van der Waals surface area contributed by atoms with E-state index in [1.807, 2.05) is 24.3 Å². The number of nitrogens with zero attached hydrogens (tertiary/aromatic N) is 2. The summed E-state index contributed by atoms with van der Waals surface area (Å²) >= 11 is 1.19. The van der Waals surface area contributed by atoms with Crippen molar-refractivity contribution in [1.29, 1.82) is 0 Å². The number of amides is 1. The molecule has 2 heterocycles. The monoisotopic (exact) mass is 406 g/mol. The van der Waals surface area contributed by atoms with Crippen LogP contribution in [0.4, 0.5) is 4.79 Å². The number of hydrogen-bond acceptors (Lipinski definition) is 5. The van der Waals surface area contributed by atoms with Crippen LogP contribution in [-0.4, -0.2) is 40.2 Å². The predicted molar refractivity (Wildman–Crippen MR) is 108 cm³/mol. The number of carboxylic acids is 1. The van der Waals surface area contributed by atoms with Gasteiger partial charge in [0, 0.05) is 23.8 Å². The maximum atomic E-state index is 12.7. The van der Waals surface area contributed by atoms with Crippen molar-refractivity contribution in [3.8, 4) is 11.1 Å². The van der Waals surface area contributed by atoms with Gasteiger partial charge in [-0.3, -0.25) is 0 Å². The van der Waals surface area contributed by atoms with Gasteiger partial charge in [-0.05, 0) is 22.3 Å². The number of ether oxygens (including phenoxy) is 1. The molecule has 0 fully saturated rings. The summed E-state index contributed by atoms with van der Waals surface area (Å²) in [5, 5.41) is 9.19. The lowest BCUT2D eigenvalue weighted by atomic mass is 9.98. The first-order valence-corrected chi connectivity index (χ1v) is 10.3. The second-order valence-corrected chi connectivity index (χ2v) is 8.25. The maximum Gasteiger partial charge on any atom is 0.410 e. The highest BCUT2D eigenvalue weighted by Gasteiger charge is 2.31. The van der Waals surface area contributed by atoms with Gasteiger partial charge in [-0.15, -0.1) is 11.3 Å². The van der Waals surface area contributed by atoms with E-state index in [9.17, 15) is 9.59 Å². The third-order valence-corrected chi connectivity index (χ3v) is 6.65. The molecule has 1 aliphatic heterocycles. The molecule has 1 aliphatic carbocycles. The van der Waals surface area contributed by atoms with Crippen LogP contribution in [0.15, 0.2) is 48.5 Å². The van der Waals surface area contributed by atoms with E-state index in [-0.39, 0.29) is 30.2 Å². The molecule has 0 unspecified atom stereocenters. The molecule has 0 radical (unpaired) electrons. The van der Waals surface area contributed by atoms with Crippen molar-refractivity contribution in [2.45, 2.75) is 18.9 Å². The number of aromatic nitrogens is 1. The van der Waals surface area contributed by atoms with Gasteiger partial charge in [0.15, 0.2) is 0 Å². The van der Waals surface area contributed by atoms with E-state index in [0.717, 1.165) is 4.88 Å². The van der Waals surface area contributed by atoms with Crippen molar-refractivity contribution in [2.24, 2.45) is 0 Å². The molecule has 5 rings (SSSR count). The summed E-state index contributed by atoms with van der Waals surface area (Å²) in [5.74, 6) is -1.01. The van der Waals surface area contributed by atoms with Gasteiger partial charge in [0.05, 0.1) is 12.2 Å². The van der Waals surface area contributed by atoms with Gasteiger partial charge in [0.2, 0.25) is 5.01 Å². The summed E-state index contributed by atoms with van der Waals surface area (Å²) in [5.41, 5.74) is 5.39. The number of carboxylic acid groups (broad SMARTS) is 1. The highest BCUT2D eigenvalue weighted by Crippen LogP contribution is 2.44. The zero-order valence-electron chi connectivity index (χ0n) is 15.5. The molecule has 3 aromatic rings. The van der Waals surface area contributed by atoms with Gasteiger partial charge >= 0.3 is 12.1 Å². The third kappa shape index (κ3) is 3.07. The van der Waals surface area contributed by atoms with Crippen LogP contribution in [0, 0.1) is 0 Å². The lowest BCUT2D eigenvalue weighted by Crippen LogP contribution is -2.36. The van der Waals surface area contributed by atoms with Crippen molar-refractivity contribution in [1.82, 2.24) is 9.88 Å². The Kier molecular flexibility index (Phi) is 4.32. The molecule has 2 aromatic carbocycles. The number of carbonyl (C=O) groups excluding carboxylic acids is 1. The fourth-order valence-corrected chi connectivity index (χ4v) is 5.03. The number of carbonyl (C=O) groups is 2. The first-order chi connectivity index (χ1) is 14.1. The second-order valence-electron chi connectivity index (χ2n) is 7.17. The summed E-state index contributed by atoms with van der Waals surface area (Å²) in [7, 11) is 0. The van der Waals surface area contributed by atoms with E-state index < -0.39 is 5.97 Å². The Morgan fingerprint density at radius 1 is 1.10 bits per heavy atom. The standard InChI is InChI=1S/C22H18N2O4S/c25-21(26)20-23-18-11-24(10-9-19(18)29-20)22(27)28-12-17-15-7-3-1-5-13(15)14-6-2-4-8-16(14)17/h1-8,17H,9-12H2,(H,25,26). The quantitative estimate of drug-likeness (QED) is 0.707. The van der Waals surface area contributed by atoms with Crippen molar-refractivity contribution >= 4 is 23.4 Å². The molecular weight excluding hydrogens is 388 g/mol. The van der Waals surface area contributed by atoms with Crippen molar-refractivity contribution < 1.29 is 19.4 Å². The first-order valence-electron chi connectivity index (χ1n) is 9.43. The Hall–Kier alpha value is -3.19. The molecule has 0 saturated heterocycles. The predicted octanol–water partition coefficient (Wildman–Crippen LogP) is 4.15. The van der Waals surface area contributed by atoms with Crippen molar-refractivity contribution in [3.05, 3.63) is 75.2 Å². The van der Waals surface area contributed by atoms with E-state index in [1.165, 1.54) is 33.6 Å². The SMILES string of the molecule is O=C(O)c1nc2c(s1)CCN(C(=O)OCC1c3ccccc3-c3ccccc31)C2. The smallest absolute Gasteiger partial charge is 0.410 e. The minimum Gasteiger partial charge on any atom is -0.476 e. The molecule has 0 atom stereocenters. The molecule has 2 aliphatic rings. The lowest BCUT2D eigenvalue weighted by molar-refractivity contribution is 0.0696. The molecule has 146 valence electrons. The summed E-state index contributed by atoms with van der Waals surface area (Å²) in [4.78, 5) is 30.5. The van der Waals surface area contributed by atoms with Gasteiger partial charge in [-0.25, -0.2) is 14.6 Å². The van der Waals surface area contributed by atoms with E-state index in [4.69, 9.17) is 9.84 Å². The van der Waals surface area contributed by atoms with Gasteiger partial charge in [-0.2, -0.15) is 0 Å².